The van der Waals surface area contributed by atoms with E-state index in [1.54, 1.807) is 0 Å². The van der Waals surface area contributed by atoms with Crippen LogP contribution in [0.4, 0.5) is 11.4 Å². The molecule has 0 saturated heterocycles. The molecule has 0 saturated carbocycles. The Morgan fingerprint density at radius 2 is 2.25 bits per heavy atom. The van der Waals surface area contributed by atoms with Gasteiger partial charge in [0.1, 0.15) is 0 Å². The number of carbonyl (C=O) groups excluding carboxylic acids is 1. The minimum atomic E-state index is 0.0509. The van der Waals surface area contributed by atoms with Crippen molar-refractivity contribution < 1.29 is 4.79 Å². The van der Waals surface area contributed by atoms with Crippen LogP contribution in [0.5, 0.6) is 0 Å². The van der Waals surface area contributed by atoms with E-state index < -0.39 is 0 Å². The van der Waals surface area contributed by atoms with Crippen LogP contribution in [0.15, 0.2) is 12.1 Å². The summed E-state index contributed by atoms with van der Waals surface area (Å²) in [5.41, 5.74) is 9.38. The molecule has 1 amide bonds. The zero-order chi connectivity index (χ0) is 8.72. The lowest BCUT2D eigenvalue weighted by Gasteiger charge is -2.03. The van der Waals surface area contributed by atoms with Crippen LogP contribution in [0, 0.1) is 6.92 Å². The number of benzene rings is 1. The molecule has 0 aliphatic carbocycles. The van der Waals surface area contributed by atoms with Crippen LogP contribution in [-0.2, 0) is 11.2 Å². The maximum absolute atomic E-state index is 11.0. The second-order valence-corrected chi connectivity index (χ2v) is 3.09. The van der Waals surface area contributed by atoms with Gasteiger partial charge in [-0.3, -0.25) is 4.79 Å². The molecule has 0 atom stereocenters. The summed E-state index contributed by atoms with van der Waals surface area (Å²) in [7, 11) is 0. The van der Waals surface area contributed by atoms with E-state index in [0.29, 0.717) is 6.42 Å². The molecule has 0 fully saturated rings. The van der Waals surface area contributed by atoms with Gasteiger partial charge in [0.05, 0.1) is 6.42 Å². The number of rotatable bonds is 0. The van der Waals surface area contributed by atoms with Crippen molar-refractivity contribution in [1.29, 1.82) is 0 Å². The number of carbonyl (C=O) groups is 1. The molecule has 1 aromatic carbocycles. The lowest BCUT2D eigenvalue weighted by Crippen LogP contribution is -2.03. The van der Waals surface area contributed by atoms with Crippen LogP contribution in [0.3, 0.4) is 0 Å². The van der Waals surface area contributed by atoms with Gasteiger partial charge in [-0.25, -0.2) is 0 Å². The number of nitrogens with one attached hydrogen (secondary N) is 1. The van der Waals surface area contributed by atoms with Crippen molar-refractivity contribution >= 4 is 17.3 Å². The van der Waals surface area contributed by atoms with E-state index >= 15 is 0 Å². The summed E-state index contributed by atoms with van der Waals surface area (Å²) < 4.78 is 0. The SMILES string of the molecule is Cc1cc2c(cc1N)CC(=O)N2. The maximum atomic E-state index is 11.0. The number of amides is 1. The van der Waals surface area contributed by atoms with E-state index in [4.69, 9.17) is 5.73 Å². The smallest absolute Gasteiger partial charge is 0.228 e. The third-order valence-electron chi connectivity index (χ3n) is 2.12. The molecule has 0 radical (unpaired) electrons. The summed E-state index contributed by atoms with van der Waals surface area (Å²) in [6.07, 6.45) is 0.458. The van der Waals surface area contributed by atoms with E-state index in [1.807, 2.05) is 19.1 Å². The van der Waals surface area contributed by atoms with Gasteiger partial charge in [0.2, 0.25) is 5.91 Å². The Morgan fingerprint density at radius 3 is 3.00 bits per heavy atom. The average Bonchev–Trinajstić information content (AvgIpc) is 2.30. The standard InChI is InChI=1S/C9H10N2O/c1-5-2-8-6(3-7(5)10)4-9(12)11-8/h2-3H,4,10H2,1H3,(H,11,12). The van der Waals surface area contributed by atoms with Crippen LogP contribution in [-0.4, -0.2) is 5.91 Å². The molecule has 3 N–H and O–H groups in total. The molecule has 0 aromatic heterocycles. The number of nitrogen functional groups attached to an aromatic ring is 1. The lowest BCUT2D eigenvalue weighted by molar-refractivity contribution is -0.115. The Hall–Kier alpha value is -1.51. The van der Waals surface area contributed by atoms with Gasteiger partial charge in [-0.1, -0.05) is 0 Å². The van der Waals surface area contributed by atoms with E-state index in [0.717, 1.165) is 22.5 Å². The van der Waals surface area contributed by atoms with Crippen molar-refractivity contribution in [3.05, 3.63) is 23.3 Å². The minimum Gasteiger partial charge on any atom is -0.399 e. The Labute approximate surface area is 70.6 Å². The summed E-state index contributed by atoms with van der Waals surface area (Å²) in [5.74, 6) is 0.0509. The van der Waals surface area contributed by atoms with Gasteiger partial charge in [0.15, 0.2) is 0 Å². The molecule has 1 aliphatic rings. The van der Waals surface area contributed by atoms with Crippen molar-refractivity contribution in [2.75, 3.05) is 11.1 Å². The molecule has 12 heavy (non-hydrogen) atoms. The fourth-order valence-electron chi connectivity index (χ4n) is 1.40. The van der Waals surface area contributed by atoms with Crippen LogP contribution < -0.4 is 11.1 Å². The van der Waals surface area contributed by atoms with Crippen molar-refractivity contribution in [3.8, 4) is 0 Å². The van der Waals surface area contributed by atoms with Gasteiger partial charge < -0.3 is 11.1 Å². The topological polar surface area (TPSA) is 55.1 Å². The quantitative estimate of drug-likeness (QED) is 0.561. The molecule has 0 bridgehead atoms. The van der Waals surface area contributed by atoms with Gasteiger partial charge in [-0.05, 0) is 30.2 Å². The predicted octanol–water partition coefficient (Wildman–Crippen LogP) is 1.07. The third kappa shape index (κ3) is 0.942. The molecule has 1 aliphatic heterocycles. The highest BCUT2D eigenvalue weighted by molar-refractivity contribution is 5.99. The van der Waals surface area contributed by atoms with Crippen molar-refractivity contribution in [1.82, 2.24) is 0 Å². The molecule has 3 nitrogen and oxygen atoms in total. The Balaban J connectivity index is 2.55. The van der Waals surface area contributed by atoms with Gasteiger partial charge in [-0.15, -0.1) is 0 Å². The first-order chi connectivity index (χ1) is 5.66. The summed E-state index contributed by atoms with van der Waals surface area (Å²) in [6, 6.07) is 3.78. The fourth-order valence-corrected chi connectivity index (χ4v) is 1.40. The van der Waals surface area contributed by atoms with Gasteiger partial charge in [0, 0.05) is 11.4 Å². The third-order valence-corrected chi connectivity index (χ3v) is 2.12. The predicted molar refractivity (Wildman–Crippen MR) is 47.9 cm³/mol. The average molecular weight is 162 g/mol. The number of fused-ring (bicyclic) bond motifs is 1. The largest absolute Gasteiger partial charge is 0.399 e. The van der Waals surface area contributed by atoms with E-state index in [-0.39, 0.29) is 5.91 Å². The molecule has 3 heteroatoms. The number of aryl methyl sites for hydroxylation is 1. The normalized spacial score (nSPS) is 14.2. The number of hydrogen-bond acceptors (Lipinski definition) is 2. The van der Waals surface area contributed by atoms with Crippen LogP contribution in [0.1, 0.15) is 11.1 Å². The first kappa shape index (κ1) is 7.16. The highest BCUT2D eigenvalue weighted by Crippen LogP contribution is 2.27. The monoisotopic (exact) mass is 162 g/mol. The highest BCUT2D eigenvalue weighted by Gasteiger charge is 2.17. The number of anilines is 2. The molecular formula is C9H10N2O. The molecule has 0 spiro atoms. The van der Waals surface area contributed by atoms with Gasteiger partial charge in [-0.2, -0.15) is 0 Å². The van der Waals surface area contributed by atoms with E-state index in [9.17, 15) is 4.79 Å². The van der Waals surface area contributed by atoms with Gasteiger partial charge >= 0.3 is 0 Å². The minimum absolute atomic E-state index is 0.0509. The second-order valence-electron chi connectivity index (χ2n) is 3.09. The maximum Gasteiger partial charge on any atom is 0.228 e. The Morgan fingerprint density at radius 1 is 1.50 bits per heavy atom. The molecule has 1 heterocycles. The van der Waals surface area contributed by atoms with Crippen LogP contribution in [0.2, 0.25) is 0 Å². The molecule has 62 valence electrons. The lowest BCUT2D eigenvalue weighted by atomic mass is 10.1. The molecular weight excluding hydrogens is 152 g/mol. The zero-order valence-electron chi connectivity index (χ0n) is 6.85. The first-order valence-electron chi connectivity index (χ1n) is 3.85. The second kappa shape index (κ2) is 2.24. The van der Waals surface area contributed by atoms with Gasteiger partial charge in [0.25, 0.3) is 0 Å². The summed E-state index contributed by atoms with van der Waals surface area (Å²) >= 11 is 0. The summed E-state index contributed by atoms with van der Waals surface area (Å²) in [4.78, 5) is 11.0. The van der Waals surface area contributed by atoms with Crippen LogP contribution in [0.25, 0.3) is 0 Å². The Bertz CT molecular complexity index is 325. The zero-order valence-corrected chi connectivity index (χ0v) is 6.85. The Kier molecular flexibility index (Phi) is 1.33. The summed E-state index contributed by atoms with van der Waals surface area (Å²) in [5, 5.41) is 2.77. The molecule has 0 unspecified atom stereocenters. The molecule has 1 aromatic rings. The van der Waals surface area contributed by atoms with E-state index in [1.165, 1.54) is 0 Å². The highest BCUT2D eigenvalue weighted by atomic mass is 16.1. The van der Waals surface area contributed by atoms with Crippen molar-refractivity contribution in [2.45, 2.75) is 13.3 Å². The summed E-state index contributed by atoms with van der Waals surface area (Å²) in [6.45, 7) is 1.93. The van der Waals surface area contributed by atoms with Crippen molar-refractivity contribution in [3.63, 3.8) is 0 Å². The van der Waals surface area contributed by atoms with E-state index in [2.05, 4.69) is 5.32 Å². The van der Waals surface area contributed by atoms with Crippen LogP contribution >= 0.6 is 0 Å². The number of hydrogen-bond donors (Lipinski definition) is 2. The molecule has 2 rings (SSSR count). The first-order valence-corrected chi connectivity index (χ1v) is 3.85. The van der Waals surface area contributed by atoms with Crippen molar-refractivity contribution in [2.24, 2.45) is 0 Å². The number of nitrogens with two attached hydrogens (primary N) is 1. The fraction of sp³-hybridized carbons (Fsp3) is 0.222.